The van der Waals surface area contributed by atoms with Crippen LogP contribution in [0.15, 0.2) is 18.5 Å². The van der Waals surface area contributed by atoms with E-state index >= 15 is 0 Å². The second-order valence-corrected chi connectivity index (χ2v) is 4.46. The number of hydrogen-bond acceptors (Lipinski definition) is 4. The van der Waals surface area contributed by atoms with Crippen LogP contribution in [0.2, 0.25) is 0 Å². The molecule has 0 fully saturated rings. The zero-order chi connectivity index (χ0) is 13.4. The Balaban J connectivity index is 2.73. The highest BCUT2D eigenvalue weighted by molar-refractivity contribution is 5.44. The van der Waals surface area contributed by atoms with Crippen molar-refractivity contribution in [1.29, 1.82) is 0 Å². The molecule has 0 aliphatic rings. The Kier molecular flexibility index (Phi) is 6.68. The first-order valence-electron chi connectivity index (χ1n) is 6.70. The average Bonchev–Trinajstić information content (AvgIpc) is 2.38. The Morgan fingerprint density at radius 2 is 2.22 bits per heavy atom. The molecule has 0 saturated carbocycles. The molecule has 1 aromatic heterocycles. The van der Waals surface area contributed by atoms with Crippen molar-refractivity contribution in [2.45, 2.75) is 45.3 Å². The zero-order valence-electron chi connectivity index (χ0n) is 11.6. The van der Waals surface area contributed by atoms with Gasteiger partial charge in [-0.05, 0) is 38.4 Å². The van der Waals surface area contributed by atoms with Gasteiger partial charge >= 0.3 is 0 Å². The minimum Gasteiger partial charge on any atom is -0.398 e. The number of pyridine rings is 1. The van der Waals surface area contributed by atoms with Crippen LogP contribution >= 0.6 is 0 Å². The van der Waals surface area contributed by atoms with Crippen molar-refractivity contribution in [1.82, 2.24) is 10.3 Å². The molecule has 1 heterocycles. The van der Waals surface area contributed by atoms with Crippen LogP contribution in [0.25, 0.3) is 0 Å². The highest BCUT2D eigenvalue weighted by atomic mass is 16.5. The molecule has 0 aliphatic carbocycles. The molecule has 3 N–H and O–H groups in total. The van der Waals surface area contributed by atoms with E-state index in [9.17, 15) is 0 Å². The van der Waals surface area contributed by atoms with Crippen LogP contribution in [0.4, 0.5) is 5.69 Å². The summed E-state index contributed by atoms with van der Waals surface area (Å²) >= 11 is 0. The average molecular weight is 251 g/mol. The number of likely N-dealkylation sites (N-methyl/N-ethyl adjacent to an activating group) is 1. The summed E-state index contributed by atoms with van der Waals surface area (Å²) in [6.45, 7) is 4.95. The lowest BCUT2D eigenvalue weighted by Crippen LogP contribution is -2.41. The van der Waals surface area contributed by atoms with Crippen LogP contribution in [0.3, 0.4) is 0 Å². The van der Waals surface area contributed by atoms with E-state index in [4.69, 9.17) is 10.5 Å². The summed E-state index contributed by atoms with van der Waals surface area (Å²) in [4.78, 5) is 4.14. The van der Waals surface area contributed by atoms with E-state index in [1.54, 1.807) is 6.20 Å². The number of hydrogen-bond donors (Lipinski definition) is 2. The molecule has 2 unspecified atom stereocenters. The van der Waals surface area contributed by atoms with Crippen molar-refractivity contribution in [3.63, 3.8) is 0 Å². The van der Waals surface area contributed by atoms with Gasteiger partial charge in [-0.2, -0.15) is 0 Å². The molecule has 1 rings (SSSR count). The fourth-order valence-corrected chi connectivity index (χ4v) is 2.16. The molecule has 0 aromatic carbocycles. The van der Waals surface area contributed by atoms with E-state index in [1.807, 2.05) is 26.2 Å². The van der Waals surface area contributed by atoms with Crippen molar-refractivity contribution >= 4 is 5.69 Å². The number of nitrogen functional groups attached to an aromatic ring is 1. The highest BCUT2D eigenvalue weighted by Gasteiger charge is 2.20. The van der Waals surface area contributed by atoms with Gasteiger partial charge in [-0.1, -0.05) is 13.3 Å². The lowest BCUT2D eigenvalue weighted by molar-refractivity contribution is 0.0301. The third-order valence-electron chi connectivity index (χ3n) is 3.15. The Hall–Kier alpha value is -1.13. The van der Waals surface area contributed by atoms with Gasteiger partial charge in [-0.25, -0.2) is 0 Å². The predicted molar refractivity (Wildman–Crippen MR) is 75.5 cm³/mol. The predicted octanol–water partition coefficient (Wildman–Crippen LogP) is 2.00. The normalized spacial score (nSPS) is 14.4. The topological polar surface area (TPSA) is 60.2 Å². The molecule has 0 aliphatic heterocycles. The number of nitrogens with one attached hydrogen (secondary N) is 1. The van der Waals surface area contributed by atoms with Gasteiger partial charge < -0.3 is 15.8 Å². The minimum absolute atomic E-state index is 0.226. The molecule has 102 valence electrons. The molecule has 0 amide bonds. The van der Waals surface area contributed by atoms with Gasteiger partial charge in [0.05, 0.1) is 6.10 Å². The number of rotatable bonds is 8. The molecule has 0 spiro atoms. The second kappa shape index (κ2) is 8.06. The molecule has 4 nitrogen and oxygen atoms in total. The summed E-state index contributed by atoms with van der Waals surface area (Å²) in [5, 5.41) is 3.34. The summed E-state index contributed by atoms with van der Waals surface area (Å²) < 4.78 is 5.82. The standard InChI is InChI=1S/C14H25N3O/c1-4-6-14(18-5-2)13(16-3)9-11-10-17-8-7-12(11)15/h7-8,10,13-14,16H,4-6,9H2,1-3H3,(H2,15,17). The van der Waals surface area contributed by atoms with Crippen LogP contribution in [0.5, 0.6) is 0 Å². The summed E-state index contributed by atoms with van der Waals surface area (Å²) in [6, 6.07) is 2.12. The molecule has 18 heavy (non-hydrogen) atoms. The van der Waals surface area contributed by atoms with E-state index in [0.717, 1.165) is 37.1 Å². The van der Waals surface area contributed by atoms with Crippen LogP contribution in [0, 0.1) is 0 Å². The van der Waals surface area contributed by atoms with Gasteiger partial charge in [0.2, 0.25) is 0 Å². The van der Waals surface area contributed by atoms with Crippen molar-refractivity contribution in [2.24, 2.45) is 0 Å². The maximum atomic E-state index is 5.96. The molecule has 4 heteroatoms. The van der Waals surface area contributed by atoms with Gasteiger partial charge in [0, 0.05) is 30.7 Å². The Morgan fingerprint density at radius 3 is 2.78 bits per heavy atom. The highest BCUT2D eigenvalue weighted by Crippen LogP contribution is 2.16. The third-order valence-corrected chi connectivity index (χ3v) is 3.15. The number of anilines is 1. The van der Waals surface area contributed by atoms with E-state index in [1.165, 1.54) is 0 Å². The lowest BCUT2D eigenvalue weighted by atomic mass is 9.98. The summed E-state index contributed by atoms with van der Waals surface area (Å²) in [7, 11) is 1.97. The first kappa shape index (κ1) is 14.9. The van der Waals surface area contributed by atoms with Crippen LogP contribution in [-0.2, 0) is 11.2 Å². The van der Waals surface area contributed by atoms with Gasteiger partial charge in [0.15, 0.2) is 0 Å². The summed E-state index contributed by atoms with van der Waals surface area (Å²) in [5.41, 5.74) is 7.85. The maximum absolute atomic E-state index is 5.96. The second-order valence-electron chi connectivity index (χ2n) is 4.46. The first-order valence-corrected chi connectivity index (χ1v) is 6.70. The number of nitrogens with two attached hydrogens (primary N) is 1. The monoisotopic (exact) mass is 251 g/mol. The molecule has 1 aromatic rings. The van der Waals surface area contributed by atoms with Gasteiger partial charge in [-0.15, -0.1) is 0 Å². The zero-order valence-corrected chi connectivity index (χ0v) is 11.6. The van der Waals surface area contributed by atoms with Crippen LogP contribution in [-0.4, -0.2) is 30.8 Å². The van der Waals surface area contributed by atoms with Gasteiger partial charge in [0.25, 0.3) is 0 Å². The van der Waals surface area contributed by atoms with Crippen LogP contribution < -0.4 is 11.1 Å². The van der Waals surface area contributed by atoms with E-state index in [0.29, 0.717) is 0 Å². The van der Waals surface area contributed by atoms with E-state index < -0.39 is 0 Å². The first-order chi connectivity index (χ1) is 8.72. The van der Waals surface area contributed by atoms with E-state index in [-0.39, 0.29) is 12.1 Å². The van der Waals surface area contributed by atoms with Crippen molar-refractivity contribution < 1.29 is 4.74 Å². The molecule has 0 radical (unpaired) electrons. The molecule has 0 bridgehead atoms. The molecule has 0 saturated heterocycles. The SMILES string of the molecule is CCCC(OCC)C(Cc1cnccc1N)NC. The summed E-state index contributed by atoms with van der Waals surface area (Å²) in [6.07, 6.45) is 6.81. The smallest absolute Gasteiger partial charge is 0.0730 e. The molecular weight excluding hydrogens is 226 g/mol. The maximum Gasteiger partial charge on any atom is 0.0730 e. The number of ether oxygens (including phenoxy) is 1. The number of aromatic nitrogens is 1. The summed E-state index contributed by atoms with van der Waals surface area (Å²) in [5.74, 6) is 0. The Labute approximate surface area is 110 Å². The molecule has 2 atom stereocenters. The van der Waals surface area contributed by atoms with E-state index in [2.05, 4.69) is 17.2 Å². The minimum atomic E-state index is 0.226. The van der Waals surface area contributed by atoms with Gasteiger partial charge in [-0.3, -0.25) is 4.98 Å². The van der Waals surface area contributed by atoms with Gasteiger partial charge in [0.1, 0.15) is 0 Å². The largest absolute Gasteiger partial charge is 0.398 e. The van der Waals surface area contributed by atoms with Crippen LogP contribution in [0.1, 0.15) is 32.3 Å². The fourth-order valence-electron chi connectivity index (χ4n) is 2.16. The Morgan fingerprint density at radius 1 is 1.44 bits per heavy atom. The van der Waals surface area contributed by atoms with Crippen molar-refractivity contribution in [3.05, 3.63) is 24.0 Å². The molecular formula is C14H25N3O. The number of nitrogens with zero attached hydrogens (tertiary/aromatic N) is 1. The quantitative estimate of drug-likeness (QED) is 0.742. The third kappa shape index (κ3) is 4.27. The fraction of sp³-hybridized carbons (Fsp3) is 0.643. The lowest BCUT2D eigenvalue weighted by Gasteiger charge is -2.27. The Bertz CT molecular complexity index is 338. The van der Waals surface area contributed by atoms with Crippen molar-refractivity contribution in [3.8, 4) is 0 Å². The van der Waals surface area contributed by atoms with Crippen molar-refractivity contribution in [2.75, 3.05) is 19.4 Å².